The van der Waals surface area contributed by atoms with E-state index < -0.39 is 0 Å². The molecule has 0 aliphatic heterocycles. The van der Waals surface area contributed by atoms with Crippen LogP contribution in [-0.4, -0.2) is 9.38 Å². The normalized spacial score (nSPS) is 10.9. The lowest BCUT2D eigenvalue weighted by molar-refractivity contribution is 1.08. The number of nitrogens with zero attached hydrogens (tertiary/aromatic N) is 2. The standard InChI is InChI=1S/C14H10Cl3N3/c15-9-1-3-12(17)13(5-9)18-6-11-8-20-7-10(16)2-4-14(20)19-11/h1-5,7-8,18H,6H2. The van der Waals surface area contributed by atoms with Gasteiger partial charge in [-0.1, -0.05) is 34.8 Å². The van der Waals surface area contributed by atoms with E-state index in [2.05, 4.69) is 10.3 Å². The van der Waals surface area contributed by atoms with Crippen LogP contribution in [0.4, 0.5) is 5.69 Å². The average molecular weight is 327 g/mol. The Balaban J connectivity index is 1.81. The number of imidazole rings is 1. The van der Waals surface area contributed by atoms with Crippen LogP contribution in [0.2, 0.25) is 15.1 Å². The van der Waals surface area contributed by atoms with E-state index in [1.165, 1.54) is 0 Å². The number of fused-ring (bicyclic) bond motifs is 1. The van der Waals surface area contributed by atoms with Crippen LogP contribution in [0.3, 0.4) is 0 Å². The lowest BCUT2D eigenvalue weighted by Gasteiger charge is -2.06. The van der Waals surface area contributed by atoms with Crippen molar-refractivity contribution in [1.29, 1.82) is 0 Å². The number of aromatic nitrogens is 2. The molecule has 1 N–H and O–H groups in total. The summed E-state index contributed by atoms with van der Waals surface area (Å²) in [5.74, 6) is 0. The molecule has 0 aliphatic rings. The van der Waals surface area contributed by atoms with Gasteiger partial charge >= 0.3 is 0 Å². The molecule has 0 aliphatic carbocycles. The van der Waals surface area contributed by atoms with Gasteiger partial charge in [-0.2, -0.15) is 0 Å². The summed E-state index contributed by atoms with van der Waals surface area (Å²) in [5, 5.41) is 5.16. The van der Waals surface area contributed by atoms with E-state index in [1.54, 1.807) is 18.2 Å². The summed E-state index contributed by atoms with van der Waals surface area (Å²) >= 11 is 18.0. The predicted octanol–water partition coefficient (Wildman–Crippen LogP) is 4.91. The monoisotopic (exact) mass is 325 g/mol. The van der Waals surface area contributed by atoms with Gasteiger partial charge in [0.25, 0.3) is 0 Å². The number of anilines is 1. The summed E-state index contributed by atoms with van der Waals surface area (Å²) in [6, 6.07) is 8.99. The third-order valence-electron chi connectivity index (χ3n) is 2.85. The Morgan fingerprint density at radius 2 is 1.80 bits per heavy atom. The second-order valence-corrected chi connectivity index (χ2v) is 5.60. The van der Waals surface area contributed by atoms with Crippen molar-refractivity contribution >= 4 is 46.1 Å². The maximum Gasteiger partial charge on any atom is 0.137 e. The van der Waals surface area contributed by atoms with Crippen LogP contribution in [0.5, 0.6) is 0 Å². The molecule has 20 heavy (non-hydrogen) atoms. The van der Waals surface area contributed by atoms with Gasteiger partial charge in [-0.15, -0.1) is 0 Å². The van der Waals surface area contributed by atoms with E-state index in [9.17, 15) is 0 Å². The number of halogens is 3. The third-order valence-corrected chi connectivity index (χ3v) is 3.64. The van der Waals surface area contributed by atoms with E-state index in [0.717, 1.165) is 17.0 Å². The summed E-state index contributed by atoms with van der Waals surface area (Å²) in [4.78, 5) is 4.49. The molecule has 2 heterocycles. The van der Waals surface area contributed by atoms with E-state index in [0.29, 0.717) is 21.6 Å². The lowest BCUT2D eigenvalue weighted by atomic mass is 10.3. The third kappa shape index (κ3) is 2.85. The van der Waals surface area contributed by atoms with Crippen molar-refractivity contribution in [3.63, 3.8) is 0 Å². The quantitative estimate of drug-likeness (QED) is 0.741. The van der Waals surface area contributed by atoms with Crippen molar-refractivity contribution in [2.24, 2.45) is 0 Å². The Hall–Kier alpha value is -1.42. The van der Waals surface area contributed by atoms with Crippen molar-refractivity contribution in [3.8, 4) is 0 Å². The summed E-state index contributed by atoms with van der Waals surface area (Å²) in [5.41, 5.74) is 2.53. The van der Waals surface area contributed by atoms with Crippen LogP contribution >= 0.6 is 34.8 Å². The number of benzene rings is 1. The highest BCUT2D eigenvalue weighted by atomic mass is 35.5. The van der Waals surface area contributed by atoms with Crippen LogP contribution in [0.15, 0.2) is 42.7 Å². The zero-order valence-electron chi connectivity index (χ0n) is 10.3. The molecule has 0 radical (unpaired) electrons. The van der Waals surface area contributed by atoms with Gasteiger partial charge in [0.1, 0.15) is 5.65 Å². The van der Waals surface area contributed by atoms with Crippen LogP contribution in [0.1, 0.15) is 5.69 Å². The van der Waals surface area contributed by atoms with Gasteiger partial charge in [0.15, 0.2) is 0 Å². The first-order valence-electron chi connectivity index (χ1n) is 5.94. The highest BCUT2D eigenvalue weighted by Crippen LogP contribution is 2.25. The van der Waals surface area contributed by atoms with Crippen molar-refractivity contribution in [2.45, 2.75) is 6.54 Å². The number of pyridine rings is 1. The van der Waals surface area contributed by atoms with Gasteiger partial charge in [-0.3, -0.25) is 0 Å². The molecule has 0 fully saturated rings. The van der Waals surface area contributed by atoms with Crippen LogP contribution in [0, 0.1) is 0 Å². The zero-order valence-corrected chi connectivity index (χ0v) is 12.5. The Bertz CT molecular complexity index is 767. The van der Waals surface area contributed by atoms with E-state index in [1.807, 2.05) is 28.9 Å². The molecule has 0 spiro atoms. The Morgan fingerprint density at radius 1 is 1.00 bits per heavy atom. The van der Waals surface area contributed by atoms with Crippen LogP contribution in [0.25, 0.3) is 5.65 Å². The topological polar surface area (TPSA) is 29.3 Å². The van der Waals surface area contributed by atoms with Gasteiger partial charge in [0, 0.05) is 17.4 Å². The first-order chi connectivity index (χ1) is 9.61. The molecule has 0 atom stereocenters. The molecule has 0 saturated heterocycles. The second kappa shape index (κ2) is 5.52. The van der Waals surface area contributed by atoms with Gasteiger partial charge in [-0.25, -0.2) is 4.98 Å². The number of rotatable bonds is 3. The summed E-state index contributed by atoms with van der Waals surface area (Å²) in [6.45, 7) is 0.555. The zero-order chi connectivity index (χ0) is 14.1. The minimum Gasteiger partial charge on any atom is -0.378 e. The largest absolute Gasteiger partial charge is 0.378 e. The second-order valence-electron chi connectivity index (χ2n) is 4.32. The Morgan fingerprint density at radius 3 is 2.65 bits per heavy atom. The minimum absolute atomic E-state index is 0.555. The molecule has 3 nitrogen and oxygen atoms in total. The molecule has 0 saturated carbocycles. The molecule has 0 bridgehead atoms. The van der Waals surface area contributed by atoms with Crippen molar-refractivity contribution in [1.82, 2.24) is 9.38 Å². The predicted molar refractivity (Wildman–Crippen MR) is 84.0 cm³/mol. The summed E-state index contributed by atoms with van der Waals surface area (Å²) < 4.78 is 1.89. The van der Waals surface area contributed by atoms with Gasteiger partial charge in [0.05, 0.1) is 28.0 Å². The molecule has 3 rings (SSSR count). The fourth-order valence-corrected chi connectivity index (χ4v) is 2.45. The van der Waals surface area contributed by atoms with Gasteiger partial charge in [-0.05, 0) is 30.3 Å². The molecule has 1 aromatic carbocycles. The molecule has 3 aromatic rings. The first kappa shape index (κ1) is 13.6. The van der Waals surface area contributed by atoms with E-state index in [-0.39, 0.29) is 0 Å². The Labute approximate surface area is 131 Å². The van der Waals surface area contributed by atoms with E-state index in [4.69, 9.17) is 34.8 Å². The minimum atomic E-state index is 0.555. The maximum atomic E-state index is 6.10. The molecular formula is C14H10Cl3N3. The molecule has 0 unspecified atom stereocenters. The Kier molecular flexibility index (Phi) is 3.74. The lowest BCUT2D eigenvalue weighted by Crippen LogP contribution is -2.00. The summed E-state index contributed by atoms with van der Waals surface area (Å²) in [6.07, 6.45) is 3.74. The highest BCUT2D eigenvalue weighted by molar-refractivity contribution is 6.35. The molecule has 102 valence electrons. The van der Waals surface area contributed by atoms with E-state index >= 15 is 0 Å². The highest BCUT2D eigenvalue weighted by Gasteiger charge is 2.04. The number of hydrogen-bond acceptors (Lipinski definition) is 2. The van der Waals surface area contributed by atoms with Crippen molar-refractivity contribution < 1.29 is 0 Å². The average Bonchev–Trinajstić information content (AvgIpc) is 2.81. The maximum absolute atomic E-state index is 6.10. The fraction of sp³-hybridized carbons (Fsp3) is 0.0714. The molecule has 2 aromatic heterocycles. The molecule has 6 heteroatoms. The SMILES string of the molecule is Clc1ccc(Cl)c(NCc2cn3cc(Cl)ccc3n2)c1. The first-order valence-corrected chi connectivity index (χ1v) is 7.07. The van der Waals surface area contributed by atoms with Gasteiger partial charge in [0.2, 0.25) is 0 Å². The van der Waals surface area contributed by atoms with Crippen molar-refractivity contribution in [3.05, 3.63) is 63.5 Å². The fourth-order valence-electron chi connectivity index (χ4n) is 1.92. The van der Waals surface area contributed by atoms with Crippen LogP contribution in [-0.2, 0) is 6.54 Å². The smallest absolute Gasteiger partial charge is 0.137 e. The van der Waals surface area contributed by atoms with Crippen molar-refractivity contribution in [2.75, 3.05) is 5.32 Å². The van der Waals surface area contributed by atoms with Gasteiger partial charge < -0.3 is 9.72 Å². The number of hydrogen-bond donors (Lipinski definition) is 1. The number of nitrogens with one attached hydrogen (secondary N) is 1. The molecular weight excluding hydrogens is 317 g/mol. The molecule has 0 amide bonds. The van der Waals surface area contributed by atoms with Crippen LogP contribution < -0.4 is 5.32 Å². The summed E-state index contributed by atoms with van der Waals surface area (Å²) in [7, 11) is 0.